The predicted octanol–water partition coefficient (Wildman–Crippen LogP) is 4.28. The Morgan fingerprint density at radius 1 is 1.21 bits per heavy atom. The quantitative estimate of drug-likeness (QED) is 0.558. The molecule has 0 aliphatic carbocycles. The number of nitrogens with zero attached hydrogens (tertiary/aromatic N) is 3. The summed E-state index contributed by atoms with van der Waals surface area (Å²) in [5.74, 6) is 1.65. The van der Waals surface area contributed by atoms with Crippen molar-refractivity contribution in [2.24, 2.45) is 0 Å². The molecule has 0 radical (unpaired) electrons. The van der Waals surface area contributed by atoms with Crippen LogP contribution in [0.1, 0.15) is 54.0 Å². The van der Waals surface area contributed by atoms with Crippen LogP contribution in [0.5, 0.6) is 11.5 Å². The Morgan fingerprint density at radius 3 is 2.65 bits per heavy atom. The number of hydrogen-bond acceptors (Lipinski definition) is 7. The number of pyridine rings is 1. The summed E-state index contributed by atoms with van der Waals surface area (Å²) in [6.45, 7) is 8.33. The number of aromatic nitrogens is 2. The summed E-state index contributed by atoms with van der Waals surface area (Å²) in [6.07, 6.45) is 0.847. The van der Waals surface area contributed by atoms with E-state index in [1.165, 1.54) is 5.56 Å². The third kappa shape index (κ3) is 4.37. The number of carbonyl (C=O) groups excluding carboxylic acids is 1. The van der Waals surface area contributed by atoms with Crippen molar-refractivity contribution in [3.05, 3.63) is 46.8 Å². The first-order chi connectivity index (χ1) is 16.4. The number of hydrogen-bond donors (Lipinski definition) is 1. The maximum absolute atomic E-state index is 12.9. The lowest BCUT2D eigenvalue weighted by atomic mass is 9.95. The summed E-state index contributed by atoms with van der Waals surface area (Å²) in [4.78, 5) is 20.1. The Hall–Kier alpha value is -3.39. The van der Waals surface area contributed by atoms with E-state index in [1.54, 1.807) is 14.2 Å². The summed E-state index contributed by atoms with van der Waals surface area (Å²) in [7, 11) is 5.34. The van der Waals surface area contributed by atoms with Crippen LogP contribution in [-0.2, 0) is 13.0 Å². The van der Waals surface area contributed by atoms with Gasteiger partial charge in [-0.25, -0.2) is 0 Å². The van der Waals surface area contributed by atoms with Crippen molar-refractivity contribution in [2.75, 3.05) is 34.4 Å². The molecule has 180 valence electrons. The van der Waals surface area contributed by atoms with Gasteiger partial charge >= 0.3 is 0 Å². The normalized spacial score (nSPS) is 13.6. The molecule has 8 nitrogen and oxygen atoms in total. The lowest BCUT2D eigenvalue weighted by Crippen LogP contribution is -2.27. The third-order valence-corrected chi connectivity index (χ3v) is 6.16. The zero-order valence-electron chi connectivity index (χ0n) is 20.7. The van der Waals surface area contributed by atoms with Gasteiger partial charge in [-0.05, 0) is 43.1 Å². The van der Waals surface area contributed by atoms with Gasteiger partial charge < -0.3 is 24.2 Å². The van der Waals surface area contributed by atoms with Gasteiger partial charge in [0.2, 0.25) is 0 Å². The van der Waals surface area contributed by atoms with Crippen molar-refractivity contribution < 1.29 is 18.8 Å². The van der Waals surface area contributed by atoms with Crippen LogP contribution in [0.4, 0.5) is 0 Å². The first-order valence-corrected chi connectivity index (χ1v) is 11.6. The lowest BCUT2D eigenvalue weighted by Gasteiger charge is -2.24. The number of carbonyl (C=O) groups is 1. The van der Waals surface area contributed by atoms with Gasteiger partial charge in [0.15, 0.2) is 11.5 Å². The van der Waals surface area contributed by atoms with E-state index in [0.717, 1.165) is 36.5 Å². The fourth-order valence-corrected chi connectivity index (χ4v) is 4.36. The minimum atomic E-state index is -0.302. The maximum Gasteiger partial charge on any atom is 0.274 e. The largest absolute Gasteiger partial charge is 0.496 e. The molecule has 0 saturated carbocycles. The molecule has 2 aromatic heterocycles. The van der Waals surface area contributed by atoms with Gasteiger partial charge in [-0.1, -0.05) is 25.1 Å². The highest BCUT2D eigenvalue weighted by atomic mass is 16.5. The smallest absolute Gasteiger partial charge is 0.274 e. The van der Waals surface area contributed by atoms with E-state index in [2.05, 4.69) is 42.3 Å². The van der Waals surface area contributed by atoms with E-state index in [4.69, 9.17) is 19.0 Å². The van der Waals surface area contributed by atoms with Gasteiger partial charge in [0, 0.05) is 37.8 Å². The molecule has 4 rings (SSSR count). The molecule has 0 fully saturated rings. The summed E-state index contributed by atoms with van der Waals surface area (Å²) in [6, 6.07) is 7.85. The van der Waals surface area contributed by atoms with Gasteiger partial charge in [-0.3, -0.25) is 9.78 Å². The van der Waals surface area contributed by atoms with Crippen LogP contribution >= 0.6 is 0 Å². The first-order valence-electron chi connectivity index (χ1n) is 11.6. The van der Waals surface area contributed by atoms with Crippen LogP contribution in [0.2, 0.25) is 0 Å². The van der Waals surface area contributed by atoms with Crippen LogP contribution in [0, 0.1) is 0 Å². The lowest BCUT2D eigenvalue weighted by molar-refractivity contribution is 0.0947. The van der Waals surface area contributed by atoms with Crippen LogP contribution in [0.3, 0.4) is 0 Å². The summed E-state index contributed by atoms with van der Waals surface area (Å²) in [5.41, 5.74) is 5.36. The molecule has 3 heterocycles. The van der Waals surface area contributed by atoms with E-state index < -0.39 is 0 Å². The topological polar surface area (TPSA) is 89.7 Å². The molecule has 1 N–H and O–H groups in total. The highest BCUT2D eigenvalue weighted by Crippen LogP contribution is 2.43. The van der Waals surface area contributed by atoms with Crippen molar-refractivity contribution >= 4 is 5.91 Å². The summed E-state index contributed by atoms with van der Waals surface area (Å²) in [5, 5.41) is 7.02. The van der Waals surface area contributed by atoms with Crippen molar-refractivity contribution in [2.45, 2.75) is 39.7 Å². The zero-order valence-corrected chi connectivity index (χ0v) is 20.7. The molecule has 8 heteroatoms. The average molecular weight is 465 g/mol. The fourth-order valence-electron chi connectivity index (χ4n) is 4.36. The molecule has 1 aliphatic rings. The molecule has 1 amide bonds. The van der Waals surface area contributed by atoms with Crippen LogP contribution < -0.4 is 14.8 Å². The van der Waals surface area contributed by atoms with Crippen LogP contribution in [0.25, 0.3) is 22.6 Å². The van der Waals surface area contributed by atoms with E-state index >= 15 is 0 Å². The van der Waals surface area contributed by atoms with E-state index in [-0.39, 0.29) is 17.5 Å². The molecule has 0 spiro atoms. The van der Waals surface area contributed by atoms with Gasteiger partial charge in [-0.2, -0.15) is 0 Å². The maximum atomic E-state index is 12.9. The third-order valence-electron chi connectivity index (χ3n) is 6.16. The molecule has 0 unspecified atom stereocenters. The van der Waals surface area contributed by atoms with Crippen molar-refractivity contribution in [3.63, 3.8) is 0 Å². The van der Waals surface area contributed by atoms with Gasteiger partial charge in [0.1, 0.15) is 11.5 Å². The monoisotopic (exact) mass is 464 g/mol. The molecule has 1 aliphatic heterocycles. The number of benzene rings is 1. The Morgan fingerprint density at radius 2 is 1.97 bits per heavy atom. The Balaban J connectivity index is 1.94. The molecule has 34 heavy (non-hydrogen) atoms. The number of amides is 1. The number of nitrogens with one attached hydrogen (secondary N) is 1. The number of methoxy groups -OCH3 is 2. The second-order valence-electron chi connectivity index (χ2n) is 8.83. The standard InChI is InChI=1S/C26H32N4O4/c1-7-27-26(31)24-23(20-9-8-16-14-30(4)11-10-19(16)28-20)25(34-29-24)18-12-17(15(2)3)21(32-5)13-22(18)33-6/h8-9,12-13,15H,7,10-11,14H2,1-6H3,(H,27,31). The second-order valence-corrected chi connectivity index (χ2v) is 8.83. The van der Waals surface area contributed by atoms with Crippen molar-refractivity contribution in [3.8, 4) is 34.1 Å². The predicted molar refractivity (Wildman–Crippen MR) is 130 cm³/mol. The summed E-state index contributed by atoms with van der Waals surface area (Å²) < 4.78 is 17.1. The summed E-state index contributed by atoms with van der Waals surface area (Å²) >= 11 is 0. The molecule has 0 bridgehead atoms. The van der Waals surface area contributed by atoms with E-state index in [0.29, 0.717) is 34.9 Å². The van der Waals surface area contributed by atoms with E-state index in [1.807, 2.05) is 25.1 Å². The minimum absolute atomic E-state index is 0.202. The Kier molecular flexibility index (Phi) is 6.88. The Bertz CT molecular complexity index is 1200. The molecular formula is C26H32N4O4. The van der Waals surface area contributed by atoms with E-state index in [9.17, 15) is 4.79 Å². The van der Waals surface area contributed by atoms with Gasteiger partial charge in [0.05, 0.1) is 31.0 Å². The molecule has 0 atom stereocenters. The van der Waals surface area contributed by atoms with Crippen LogP contribution in [-0.4, -0.2) is 55.3 Å². The number of ether oxygens (including phenoxy) is 2. The molecule has 1 aromatic carbocycles. The second kappa shape index (κ2) is 9.85. The Labute approximate surface area is 200 Å². The molecular weight excluding hydrogens is 432 g/mol. The van der Waals surface area contributed by atoms with Crippen molar-refractivity contribution in [1.29, 1.82) is 0 Å². The highest BCUT2D eigenvalue weighted by Gasteiger charge is 2.29. The number of fused-ring (bicyclic) bond motifs is 1. The number of rotatable bonds is 7. The van der Waals surface area contributed by atoms with Crippen molar-refractivity contribution in [1.82, 2.24) is 20.4 Å². The van der Waals surface area contributed by atoms with Gasteiger partial charge in [-0.15, -0.1) is 0 Å². The van der Waals surface area contributed by atoms with Crippen LogP contribution in [0.15, 0.2) is 28.8 Å². The number of likely N-dealkylation sites (N-methyl/N-ethyl adjacent to an activating group) is 1. The first kappa shape index (κ1) is 23.8. The average Bonchev–Trinajstić information content (AvgIpc) is 3.28. The molecule has 3 aromatic rings. The van der Waals surface area contributed by atoms with Gasteiger partial charge in [0.25, 0.3) is 5.91 Å². The SMILES string of the molecule is CCNC(=O)c1noc(-c2cc(C(C)C)c(OC)cc2OC)c1-c1ccc2c(n1)CCN(C)C2. The fraction of sp³-hybridized carbons (Fsp3) is 0.423. The zero-order chi connectivity index (χ0) is 24.4. The molecule has 0 saturated heterocycles. The minimum Gasteiger partial charge on any atom is -0.496 e. The highest BCUT2D eigenvalue weighted by molar-refractivity contribution is 6.02.